The van der Waals surface area contributed by atoms with Crippen LogP contribution >= 0.6 is 35.6 Å². The van der Waals surface area contributed by atoms with E-state index in [1.165, 1.54) is 0 Å². The second-order valence-corrected chi connectivity index (χ2v) is 5.84. The van der Waals surface area contributed by atoms with Gasteiger partial charge in [0.1, 0.15) is 0 Å². The van der Waals surface area contributed by atoms with Crippen LogP contribution in [0.4, 0.5) is 0 Å². The maximum Gasteiger partial charge on any atom is 0.331 e. The van der Waals surface area contributed by atoms with Gasteiger partial charge in [-0.15, -0.1) is 12.4 Å². The van der Waals surface area contributed by atoms with E-state index in [9.17, 15) is 4.79 Å². The fourth-order valence-electron chi connectivity index (χ4n) is 2.58. The van der Waals surface area contributed by atoms with Crippen LogP contribution < -0.4 is 5.32 Å². The van der Waals surface area contributed by atoms with Gasteiger partial charge in [-0.2, -0.15) is 0 Å². The summed E-state index contributed by atoms with van der Waals surface area (Å²) in [5.74, 6) is -0.0475. The highest BCUT2D eigenvalue weighted by Crippen LogP contribution is 2.35. The fourth-order valence-corrected chi connectivity index (χ4v) is 2.98. The number of carbonyl (C=O) groups excluding carboxylic acids is 1. The number of nitrogens with one attached hydrogen (secondary N) is 1. The molecule has 122 valence electrons. The molecule has 0 aliphatic carbocycles. The zero-order valence-electron chi connectivity index (χ0n) is 12.4. The van der Waals surface area contributed by atoms with Crippen molar-refractivity contribution in [1.29, 1.82) is 0 Å². The van der Waals surface area contributed by atoms with Crippen LogP contribution in [-0.2, 0) is 9.53 Å². The minimum atomic E-state index is -0.331. The number of benzene rings is 1. The second kappa shape index (κ2) is 9.41. The van der Waals surface area contributed by atoms with Gasteiger partial charge in [0.2, 0.25) is 0 Å². The summed E-state index contributed by atoms with van der Waals surface area (Å²) in [6, 6.07) is 5.33. The first-order chi connectivity index (χ1) is 10.1. The zero-order chi connectivity index (χ0) is 15.2. The number of piperidine rings is 1. The minimum Gasteiger partial charge on any atom is -0.463 e. The van der Waals surface area contributed by atoms with Crippen molar-refractivity contribution < 1.29 is 9.53 Å². The van der Waals surface area contributed by atoms with Gasteiger partial charge in [0.25, 0.3) is 0 Å². The molecule has 0 saturated carbocycles. The third kappa shape index (κ3) is 5.17. The summed E-state index contributed by atoms with van der Waals surface area (Å²) in [4.78, 5) is 11.9. The van der Waals surface area contributed by atoms with E-state index in [4.69, 9.17) is 27.9 Å². The van der Waals surface area contributed by atoms with Gasteiger partial charge < -0.3 is 10.1 Å². The summed E-state index contributed by atoms with van der Waals surface area (Å²) >= 11 is 12.4. The molecule has 22 heavy (non-hydrogen) atoms. The van der Waals surface area contributed by atoms with Gasteiger partial charge in [-0.1, -0.05) is 23.2 Å². The van der Waals surface area contributed by atoms with Crippen LogP contribution in [-0.4, -0.2) is 25.7 Å². The predicted octanol–water partition coefficient (Wildman–Crippen LogP) is 4.36. The van der Waals surface area contributed by atoms with Crippen molar-refractivity contribution in [2.45, 2.75) is 19.8 Å². The first-order valence-electron chi connectivity index (χ1n) is 7.16. The highest BCUT2D eigenvalue weighted by atomic mass is 35.5. The van der Waals surface area contributed by atoms with Crippen molar-refractivity contribution in [2.75, 3.05) is 19.7 Å². The summed E-state index contributed by atoms with van der Waals surface area (Å²) in [5.41, 5.74) is 1.74. The summed E-state index contributed by atoms with van der Waals surface area (Å²) in [6.45, 7) is 4.02. The molecule has 6 heteroatoms. The predicted molar refractivity (Wildman–Crippen MR) is 93.9 cm³/mol. The van der Waals surface area contributed by atoms with E-state index in [0.29, 0.717) is 16.7 Å². The Morgan fingerprint density at radius 3 is 2.68 bits per heavy atom. The lowest BCUT2D eigenvalue weighted by atomic mass is 9.85. The third-order valence-electron chi connectivity index (χ3n) is 3.58. The quantitative estimate of drug-likeness (QED) is 0.637. The average molecular weight is 365 g/mol. The summed E-state index contributed by atoms with van der Waals surface area (Å²) in [5, 5.41) is 4.54. The summed E-state index contributed by atoms with van der Waals surface area (Å²) in [7, 11) is 0. The number of allylic oxidation sites excluding steroid dienone is 1. The van der Waals surface area contributed by atoms with E-state index < -0.39 is 0 Å². The molecule has 0 spiro atoms. The van der Waals surface area contributed by atoms with E-state index in [1.54, 1.807) is 25.1 Å². The van der Waals surface area contributed by atoms with E-state index in [2.05, 4.69) is 5.32 Å². The van der Waals surface area contributed by atoms with Gasteiger partial charge in [-0.05, 0) is 68.1 Å². The van der Waals surface area contributed by atoms with E-state index in [-0.39, 0.29) is 24.3 Å². The van der Waals surface area contributed by atoms with E-state index in [0.717, 1.165) is 37.1 Å². The van der Waals surface area contributed by atoms with Crippen LogP contribution in [0.2, 0.25) is 10.0 Å². The highest BCUT2D eigenvalue weighted by molar-refractivity contribution is 6.34. The average Bonchev–Trinajstić information content (AvgIpc) is 2.49. The largest absolute Gasteiger partial charge is 0.463 e. The van der Waals surface area contributed by atoms with Crippen molar-refractivity contribution in [3.63, 3.8) is 0 Å². The lowest BCUT2D eigenvalue weighted by Crippen LogP contribution is -2.28. The highest BCUT2D eigenvalue weighted by Gasteiger charge is 2.22. The van der Waals surface area contributed by atoms with E-state index >= 15 is 0 Å². The second-order valence-electron chi connectivity index (χ2n) is 5.00. The zero-order valence-corrected chi connectivity index (χ0v) is 14.7. The van der Waals surface area contributed by atoms with Gasteiger partial charge >= 0.3 is 5.97 Å². The molecule has 1 heterocycles. The number of rotatable bonds is 4. The molecule has 0 amide bonds. The van der Waals surface area contributed by atoms with Crippen LogP contribution in [0.5, 0.6) is 0 Å². The van der Waals surface area contributed by atoms with Gasteiger partial charge in [0.15, 0.2) is 0 Å². The van der Waals surface area contributed by atoms with Crippen molar-refractivity contribution in [3.8, 4) is 0 Å². The number of carbonyl (C=O) groups is 1. The van der Waals surface area contributed by atoms with Crippen molar-refractivity contribution in [3.05, 3.63) is 39.9 Å². The number of hydrogen-bond acceptors (Lipinski definition) is 3. The van der Waals surface area contributed by atoms with Crippen LogP contribution in [0.3, 0.4) is 0 Å². The van der Waals surface area contributed by atoms with E-state index in [1.807, 2.05) is 6.07 Å². The van der Waals surface area contributed by atoms with Crippen molar-refractivity contribution in [1.82, 2.24) is 5.32 Å². The Morgan fingerprint density at radius 2 is 2.05 bits per heavy atom. The summed E-state index contributed by atoms with van der Waals surface area (Å²) in [6.07, 6.45) is 3.50. The van der Waals surface area contributed by atoms with Crippen molar-refractivity contribution >= 4 is 47.2 Å². The standard InChI is InChI=1S/C16H19Cl2NO2.ClH/c1-2-21-16(20)10-13(11-5-7-19-8-6-11)14-9-12(17)3-4-15(14)18;/h3-4,9-11,19H,2,5-8H2,1H3;1H/b13-10+;. The van der Waals surface area contributed by atoms with Gasteiger partial charge in [-0.3, -0.25) is 0 Å². The Hall–Kier alpha value is -0.740. The topological polar surface area (TPSA) is 38.3 Å². The first kappa shape index (κ1) is 19.3. The molecule has 3 nitrogen and oxygen atoms in total. The smallest absolute Gasteiger partial charge is 0.331 e. The molecule has 0 bridgehead atoms. The molecule has 0 atom stereocenters. The molecule has 1 fully saturated rings. The van der Waals surface area contributed by atoms with Crippen LogP contribution in [0, 0.1) is 5.92 Å². The van der Waals surface area contributed by atoms with Gasteiger partial charge in [0, 0.05) is 16.1 Å². The lowest BCUT2D eigenvalue weighted by Gasteiger charge is -2.26. The number of ether oxygens (including phenoxy) is 1. The molecule has 0 unspecified atom stereocenters. The first-order valence-corrected chi connectivity index (χ1v) is 7.92. The van der Waals surface area contributed by atoms with Gasteiger partial charge in [0.05, 0.1) is 6.61 Å². The molecule has 1 aromatic rings. The minimum absolute atomic E-state index is 0. The molecule has 2 rings (SSSR count). The maximum absolute atomic E-state index is 11.9. The molecule has 0 radical (unpaired) electrons. The monoisotopic (exact) mass is 363 g/mol. The number of halogens is 3. The maximum atomic E-state index is 11.9. The van der Waals surface area contributed by atoms with Crippen molar-refractivity contribution in [2.24, 2.45) is 5.92 Å². The molecular formula is C16H20Cl3NO2. The fraction of sp³-hybridized carbons (Fsp3) is 0.438. The van der Waals surface area contributed by atoms with Crippen LogP contribution in [0.15, 0.2) is 24.3 Å². The Morgan fingerprint density at radius 1 is 1.36 bits per heavy atom. The SMILES string of the molecule is CCOC(=O)/C=C(/c1cc(Cl)ccc1Cl)C1CCNCC1.Cl. The molecule has 1 aromatic carbocycles. The summed E-state index contributed by atoms with van der Waals surface area (Å²) < 4.78 is 5.05. The Balaban J connectivity index is 0.00000242. The van der Waals surface area contributed by atoms with Crippen LogP contribution in [0.25, 0.3) is 5.57 Å². The molecular weight excluding hydrogens is 345 g/mol. The molecule has 1 saturated heterocycles. The van der Waals surface area contributed by atoms with Gasteiger partial charge in [-0.25, -0.2) is 4.79 Å². The lowest BCUT2D eigenvalue weighted by molar-refractivity contribution is -0.137. The Labute approximate surface area is 147 Å². The Bertz CT molecular complexity index is 540. The molecule has 0 aromatic heterocycles. The Kier molecular flexibility index (Phi) is 8.26. The molecule has 1 aliphatic rings. The van der Waals surface area contributed by atoms with Crippen LogP contribution in [0.1, 0.15) is 25.3 Å². The normalized spacial score (nSPS) is 16.0. The number of hydrogen-bond donors (Lipinski definition) is 1. The molecule has 1 aliphatic heterocycles. The number of esters is 1. The third-order valence-corrected chi connectivity index (χ3v) is 4.14. The molecule has 1 N–H and O–H groups in total.